The lowest BCUT2D eigenvalue weighted by molar-refractivity contribution is 0.882. The highest BCUT2D eigenvalue weighted by atomic mass is 35.5. The largest absolute Gasteiger partial charge is 0.378 e. The second kappa shape index (κ2) is 5.45. The number of anilines is 1. The van der Waals surface area contributed by atoms with Gasteiger partial charge in [0.15, 0.2) is 0 Å². The van der Waals surface area contributed by atoms with Gasteiger partial charge in [-0.3, -0.25) is 0 Å². The number of halogens is 1. The predicted octanol–water partition coefficient (Wildman–Crippen LogP) is 5.13. The van der Waals surface area contributed by atoms with E-state index in [-0.39, 0.29) is 6.04 Å². The van der Waals surface area contributed by atoms with Crippen LogP contribution in [-0.2, 0) is 0 Å². The fourth-order valence-corrected chi connectivity index (χ4v) is 2.34. The Bertz CT molecular complexity index is 549. The van der Waals surface area contributed by atoms with E-state index in [1.54, 1.807) is 0 Å². The van der Waals surface area contributed by atoms with Crippen molar-refractivity contribution in [3.8, 4) is 0 Å². The van der Waals surface area contributed by atoms with Crippen LogP contribution in [0.1, 0.15) is 29.7 Å². The topological polar surface area (TPSA) is 12.0 Å². The van der Waals surface area contributed by atoms with E-state index >= 15 is 0 Å². The van der Waals surface area contributed by atoms with Crippen LogP contribution < -0.4 is 5.32 Å². The summed E-state index contributed by atoms with van der Waals surface area (Å²) in [7, 11) is 0. The summed E-state index contributed by atoms with van der Waals surface area (Å²) in [6.45, 7) is 6.39. The Morgan fingerprint density at radius 3 is 2.44 bits per heavy atom. The number of rotatable bonds is 3. The van der Waals surface area contributed by atoms with Crippen molar-refractivity contribution in [2.45, 2.75) is 26.8 Å². The molecular formula is C16H18ClN. The molecule has 0 radical (unpaired) electrons. The summed E-state index contributed by atoms with van der Waals surface area (Å²) in [4.78, 5) is 0. The van der Waals surface area contributed by atoms with Gasteiger partial charge in [-0.1, -0.05) is 41.9 Å². The van der Waals surface area contributed by atoms with Crippen molar-refractivity contribution in [2.75, 3.05) is 5.32 Å². The van der Waals surface area contributed by atoms with Crippen molar-refractivity contribution < 1.29 is 0 Å². The van der Waals surface area contributed by atoms with Crippen LogP contribution in [0.5, 0.6) is 0 Å². The summed E-state index contributed by atoms with van der Waals surface area (Å²) in [6, 6.07) is 14.5. The molecule has 0 fully saturated rings. The third-order valence-electron chi connectivity index (χ3n) is 3.35. The molecule has 0 aliphatic rings. The second-order valence-electron chi connectivity index (χ2n) is 4.64. The predicted molar refractivity (Wildman–Crippen MR) is 79.4 cm³/mol. The van der Waals surface area contributed by atoms with Gasteiger partial charge in [-0.2, -0.15) is 0 Å². The van der Waals surface area contributed by atoms with Crippen LogP contribution in [0.4, 0.5) is 5.69 Å². The van der Waals surface area contributed by atoms with E-state index in [1.807, 2.05) is 18.2 Å². The Kier molecular flexibility index (Phi) is 3.93. The molecule has 1 nitrogen and oxygen atoms in total. The van der Waals surface area contributed by atoms with Gasteiger partial charge in [0.25, 0.3) is 0 Å². The van der Waals surface area contributed by atoms with Gasteiger partial charge >= 0.3 is 0 Å². The molecule has 0 saturated heterocycles. The average molecular weight is 260 g/mol. The van der Waals surface area contributed by atoms with Crippen LogP contribution in [0.25, 0.3) is 0 Å². The van der Waals surface area contributed by atoms with Crippen molar-refractivity contribution in [3.05, 3.63) is 64.2 Å². The van der Waals surface area contributed by atoms with Gasteiger partial charge in [0.2, 0.25) is 0 Å². The van der Waals surface area contributed by atoms with Crippen LogP contribution in [0.3, 0.4) is 0 Å². The van der Waals surface area contributed by atoms with Crippen LogP contribution in [0, 0.1) is 13.8 Å². The zero-order valence-electron chi connectivity index (χ0n) is 11.0. The minimum atomic E-state index is 0.194. The average Bonchev–Trinajstić information content (AvgIpc) is 2.35. The van der Waals surface area contributed by atoms with Gasteiger partial charge in [0.05, 0.1) is 0 Å². The molecule has 0 amide bonds. The third-order valence-corrected chi connectivity index (χ3v) is 3.69. The van der Waals surface area contributed by atoms with E-state index in [2.05, 4.69) is 50.4 Å². The number of benzene rings is 2. The maximum Gasteiger partial charge on any atom is 0.0500 e. The molecule has 2 aromatic rings. The number of hydrogen-bond donors (Lipinski definition) is 1. The quantitative estimate of drug-likeness (QED) is 0.806. The number of aryl methyl sites for hydroxylation is 1. The molecular weight excluding hydrogens is 242 g/mol. The lowest BCUT2D eigenvalue weighted by Crippen LogP contribution is -2.08. The Labute approximate surface area is 114 Å². The van der Waals surface area contributed by atoms with Gasteiger partial charge < -0.3 is 5.32 Å². The fraction of sp³-hybridized carbons (Fsp3) is 0.250. The van der Waals surface area contributed by atoms with E-state index in [1.165, 1.54) is 16.8 Å². The summed E-state index contributed by atoms with van der Waals surface area (Å²) < 4.78 is 0. The van der Waals surface area contributed by atoms with Crippen LogP contribution in [-0.4, -0.2) is 0 Å². The molecule has 0 saturated carbocycles. The molecule has 1 unspecified atom stereocenters. The van der Waals surface area contributed by atoms with Crippen LogP contribution in [0.2, 0.25) is 5.02 Å². The Morgan fingerprint density at radius 2 is 1.72 bits per heavy atom. The molecule has 1 N–H and O–H groups in total. The molecule has 2 aromatic carbocycles. The van der Waals surface area contributed by atoms with E-state index in [4.69, 9.17) is 11.6 Å². The highest BCUT2D eigenvalue weighted by Gasteiger charge is 2.10. The van der Waals surface area contributed by atoms with E-state index < -0.39 is 0 Å². The van der Waals surface area contributed by atoms with Crippen LogP contribution >= 0.6 is 11.6 Å². The molecule has 0 aliphatic carbocycles. The summed E-state index contributed by atoms with van der Waals surface area (Å²) >= 11 is 6.22. The Balaban J connectivity index is 2.24. The molecule has 0 spiro atoms. The van der Waals surface area contributed by atoms with E-state index in [0.29, 0.717) is 0 Å². The van der Waals surface area contributed by atoms with Gasteiger partial charge in [-0.15, -0.1) is 0 Å². The standard InChI is InChI=1S/C16H18ClN/c1-11-7-6-10-16(12(11)2)18-13(3)14-8-4-5-9-15(14)17/h4-10,13,18H,1-3H3. The van der Waals surface area contributed by atoms with Crippen molar-refractivity contribution in [1.29, 1.82) is 0 Å². The first-order valence-corrected chi connectivity index (χ1v) is 6.54. The highest BCUT2D eigenvalue weighted by molar-refractivity contribution is 6.31. The minimum absolute atomic E-state index is 0.194. The maximum absolute atomic E-state index is 6.22. The van der Waals surface area contributed by atoms with E-state index in [0.717, 1.165) is 10.6 Å². The molecule has 94 valence electrons. The Morgan fingerprint density at radius 1 is 1.00 bits per heavy atom. The van der Waals surface area contributed by atoms with E-state index in [9.17, 15) is 0 Å². The zero-order chi connectivity index (χ0) is 13.1. The van der Waals surface area contributed by atoms with Crippen molar-refractivity contribution in [2.24, 2.45) is 0 Å². The maximum atomic E-state index is 6.22. The number of nitrogens with one attached hydrogen (secondary N) is 1. The van der Waals surface area contributed by atoms with Crippen molar-refractivity contribution in [1.82, 2.24) is 0 Å². The molecule has 0 heterocycles. The summed E-state index contributed by atoms with van der Waals surface area (Å²) in [5.74, 6) is 0. The normalized spacial score (nSPS) is 12.2. The smallest absolute Gasteiger partial charge is 0.0500 e. The van der Waals surface area contributed by atoms with Crippen LogP contribution in [0.15, 0.2) is 42.5 Å². The summed E-state index contributed by atoms with van der Waals surface area (Å²) in [6.07, 6.45) is 0. The molecule has 0 aromatic heterocycles. The van der Waals surface area contributed by atoms with Gasteiger partial charge in [-0.25, -0.2) is 0 Å². The van der Waals surface area contributed by atoms with Crippen molar-refractivity contribution >= 4 is 17.3 Å². The molecule has 0 bridgehead atoms. The third kappa shape index (κ3) is 2.68. The number of hydrogen-bond acceptors (Lipinski definition) is 1. The lowest BCUT2D eigenvalue weighted by atomic mass is 10.1. The molecule has 0 aliphatic heterocycles. The zero-order valence-corrected chi connectivity index (χ0v) is 11.8. The highest BCUT2D eigenvalue weighted by Crippen LogP contribution is 2.27. The monoisotopic (exact) mass is 259 g/mol. The SMILES string of the molecule is Cc1cccc(NC(C)c2ccccc2Cl)c1C. The summed E-state index contributed by atoms with van der Waals surface area (Å²) in [5, 5.41) is 4.33. The first kappa shape index (κ1) is 13.0. The Hall–Kier alpha value is -1.47. The van der Waals surface area contributed by atoms with Gasteiger partial charge in [0.1, 0.15) is 0 Å². The van der Waals surface area contributed by atoms with Gasteiger partial charge in [0, 0.05) is 16.8 Å². The first-order chi connectivity index (χ1) is 8.59. The lowest BCUT2D eigenvalue weighted by Gasteiger charge is -2.19. The molecule has 18 heavy (non-hydrogen) atoms. The molecule has 2 heteroatoms. The second-order valence-corrected chi connectivity index (χ2v) is 5.04. The molecule has 1 atom stereocenters. The molecule has 2 rings (SSSR count). The summed E-state index contributed by atoms with van der Waals surface area (Å²) in [5.41, 5.74) is 4.88. The fourth-order valence-electron chi connectivity index (χ4n) is 2.04. The minimum Gasteiger partial charge on any atom is -0.378 e. The first-order valence-electron chi connectivity index (χ1n) is 6.17. The van der Waals surface area contributed by atoms with Gasteiger partial charge in [-0.05, 0) is 49.6 Å². The van der Waals surface area contributed by atoms with Crippen molar-refractivity contribution in [3.63, 3.8) is 0 Å².